The molecule has 5 rings (SSSR count). The molecule has 3 aliphatic carbocycles. The van der Waals surface area contributed by atoms with Crippen LogP contribution in [-0.2, 0) is 22.2 Å². The predicted molar refractivity (Wildman–Crippen MR) is 99.3 cm³/mol. The van der Waals surface area contributed by atoms with Crippen LogP contribution in [0.1, 0.15) is 51.7 Å². The van der Waals surface area contributed by atoms with Crippen molar-refractivity contribution in [1.29, 1.82) is 0 Å². The SMILES string of the molecule is CCc1cccc(CC(Cl)B2O[C@@H]3CC4CC(C4(C)C)[C@]3(C)O2)c1. The highest BCUT2D eigenvalue weighted by Gasteiger charge is 2.68. The standard InChI is InChI=1S/C20H28BClO2/c1-5-13-7-6-8-14(9-13)10-18(22)21-23-17-12-15-11-16(19(15,2)3)20(17,4)24-21/h6-9,15-18H,5,10-12H2,1-4H3/t15?,16?,17-,18?,20+/m1/s1. The molecule has 1 saturated heterocycles. The van der Waals surface area contributed by atoms with Crippen LogP contribution in [-0.4, -0.2) is 24.1 Å². The molecule has 0 spiro atoms. The second-order valence-corrected chi connectivity index (χ2v) is 9.29. The van der Waals surface area contributed by atoms with Crippen molar-refractivity contribution in [2.24, 2.45) is 17.3 Å². The average molecular weight is 347 g/mol. The van der Waals surface area contributed by atoms with Crippen LogP contribution in [0.5, 0.6) is 0 Å². The van der Waals surface area contributed by atoms with E-state index < -0.39 is 0 Å². The Hall–Kier alpha value is -0.505. The van der Waals surface area contributed by atoms with E-state index in [1.165, 1.54) is 17.5 Å². The number of aryl methyl sites for hydroxylation is 1. The number of alkyl halides is 1. The highest BCUT2D eigenvalue weighted by atomic mass is 35.5. The lowest BCUT2D eigenvalue weighted by atomic mass is 9.43. The van der Waals surface area contributed by atoms with Crippen molar-refractivity contribution in [2.75, 3.05) is 0 Å². The van der Waals surface area contributed by atoms with Crippen molar-refractivity contribution < 1.29 is 9.31 Å². The van der Waals surface area contributed by atoms with Crippen LogP contribution in [0.15, 0.2) is 24.3 Å². The van der Waals surface area contributed by atoms with Gasteiger partial charge in [-0.05, 0) is 61.0 Å². The number of benzene rings is 1. The lowest BCUT2D eigenvalue weighted by Crippen LogP contribution is -2.65. The van der Waals surface area contributed by atoms with Gasteiger partial charge < -0.3 is 9.31 Å². The Balaban J connectivity index is 1.46. The van der Waals surface area contributed by atoms with Crippen LogP contribution in [0.4, 0.5) is 0 Å². The zero-order valence-corrected chi connectivity index (χ0v) is 16.0. The van der Waals surface area contributed by atoms with E-state index in [9.17, 15) is 0 Å². The Labute approximate surface area is 151 Å². The third-order valence-corrected chi connectivity index (χ3v) is 7.45. The Morgan fingerprint density at radius 1 is 1.25 bits per heavy atom. The summed E-state index contributed by atoms with van der Waals surface area (Å²) in [5.41, 5.74) is 2.83. The summed E-state index contributed by atoms with van der Waals surface area (Å²) < 4.78 is 12.8. The fraction of sp³-hybridized carbons (Fsp3) is 0.700. The van der Waals surface area contributed by atoms with E-state index in [1.54, 1.807) is 0 Å². The normalized spacial score (nSPS) is 37.7. The molecule has 0 aromatic heterocycles. The van der Waals surface area contributed by atoms with Crippen molar-refractivity contribution >= 4 is 18.7 Å². The van der Waals surface area contributed by atoms with Crippen LogP contribution in [0.3, 0.4) is 0 Å². The lowest BCUT2D eigenvalue weighted by Gasteiger charge is -2.64. The van der Waals surface area contributed by atoms with Gasteiger partial charge in [-0.2, -0.15) is 0 Å². The zero-order chi connectivity index (χ0) is 17.1. The number of hydrogen-bond donors (Lipinski definition) is 0. The molecule has 2 nitrogen and oxygen atoms in total. The first-order valence-corrected chi connectivity index (χ1v) is 9.83. The van der Waals surface area contributed by atoms with Crippen molar-refractivity contribution in [3.63, 3.8) is 0 Å². The molecule has 0 radical (unpaired) electrons. The van der Waals surface area contributed by atoms with E-state index in [0.29, 0.717) is 11.3 Å². The number of hydrogen-bond acceptors (Lipinski definition) is 2. The summed E-state index contributed by atoms with van der Waals surface area (Å²) in [7, 11) is -0.290. The van der Waals surface area contributed by atoms with Crippen LogP contribution in [0.2, 0.25) is 0 Å². The summed E-state index contributed by atoms with van der Waals surface area (Å²) >= 11 is 6.73. The summed E-state index contributed by atoms with van der Waals surface area (Å²) in [5.74, 6) is 1.36. The Bertz CT molecular complexity index is 634. The van der Waals surface area contributed by atoms with Gasteiger partial charge in [-0.15, -0.1) is 11.6 Å². The number of rotatable bonds is 4. The molecular weight excluding hydrogens is 318 g/mol. The minimum absolute atomic E-state index is 0.139. The summed E-state index contributed by atoms with van der Waals surface area (Å²) in [6.45, 7) is 9.21. The molecule has 1 aliphatic heterocycles. The van der Waals surface area contributed by atoms with Gasteiger partial charge in [0, 0.05) is 0 Å². The molecule has 0 amide bonds. The van der Waals surface area contributed by atoms with Gasteiger partial charge in [0.25, 0.3) is 0 Å². The molecule has 1 aromatic carbocycles. The van der Waals surface area contributed by atoms with E-state index in [-0.39, 0.29) is 24.1 Å². The van der Waals surface area contributed by atoms with Crippen molar-refractivity contribution in [1.82, 2.24) is 0 Å². The van der Waals surface area contributed by atoms with Gasteiger partial charge in [0.2, 0.25) is 0 Å². The maximum atomic E-state index is 6.73. The van der Waals surface area contributed by atoms with Crippen LogP contribution in [0.25, 0.3) is 0 Å². The third kappa shape index (κ3) is 2.47. The Morgan fingerprint density at radius 3 is 2.71 bits per heavy atom. The maximum absolute atomic E-state index is 6.73. The van der Waals surface area contributed by atoms with Crippen LogP contribution < -0.4 is 0 Å². The summed E-state index contributed by atoms with van der Waals surface area (Å²) in [6, 6.07) is 8.68. The van der Waals surface area contributed by atoms with Crippen LogP contribution >= 0.6 is 11.6 Å². The van der Waals surface area contributed by atoms with Gasteiger partial charge in [-0.3, -0.25) is 0 Å². The Kier molecular flexibility index (Phi) is 4.06. The largest absolute Gasteiger partial charge is 0.477 e. The molecule has 4 aliphatic rings. The van der Waals surface area contributed by atoms with Gasteiger partial charge in [0.1, 0.15) is 0 Å². The molecule has 24 heavy (non-hydrogen) atoms. The molecule has 4 fully saturated rings. The van der Waals surface area contributed by atoms with Gasteiger partial charge in [-0.25, -0.2) is 0 Å². The smallest absolute Gasteiger partial charge is 0.404 e. The monoisotopic (exact) mass is 346 g/mol. The van der Waals surface area contributed by atoms with Gasteiger partial charge in [-0.1, -0.05) is 45.0 Å². The highest BCUT2D eigenvalue weighted by Crippen LogP contribution is 2.65. The fourth-order valence-electron chi connectivity index (χ4n) is 5.35. The van der Waals surface area contributed by atoms with Crippen molar-refractivity contribution in [3.05, 3.63) is 35.4 Å². The third-order valence-electron chi connectivity index (χ3n) is 7.09. The lowest BCUT2D eigenvalue weighted by molar-refractivity contribution is -0.199. The molecule has 0 N–H and O–H groups in total. The molecule has 3 unspecified atom stereocenters. The molecule has 1 heterocycles. The molecule has 5 atom stereocenters. The maximum Gasteiger partial charge on any atom is 0.477 e. The van der Waals surface area contributed by atoms with Crippen molar-refractivity contribution in [2.45, 2.75) is 70.4 Å². The van der Waals surface area contributed by atoms with E-state index >= 15 is 0 Å². The van der Waals surface area contributed by atoms with E-state index in [0.717, 1.165) is 25.2 Å². The molecule has 2 bridgehead atoms. The zero-order valence-electron chi connectivity index (χ0n) is 15.2. The van der Waals surface area contributed by atoms with Gasteiger partial charge >= 0.3 is 7.12 Å². The molecule has 130 valence electrons. The quantitative estimate of drug-likeness (QED) is 0.583. The first-order valence-electron chi connectivity index (χ1n) is 9.39. The summed E-state index contributed by atoms with van der Waals surface area (Å²) in [5, 5.41) is -0.139. The van der Waals surface area contributed by atoms with E-state index in [4.69, 9.17) is 20.9 Å². The summed E-state index contributed by atoms with van der Waals surface area (Å²) in [4.78, 5) is 0. The predicted octanol–water partition coefficient (Wildman–Crippen LogP) is 4.67. The minimum Gasteiger partial charge on any atom is -0.404 e. The van der Waals surface area contributed by atoms with Gasteiger partial charge in [0.15, 0.2) is 0 Å². The first-order chi connectivity index (χ1) is 11.3. The van der Waals surface area contributed by atoms with Crippen LogP contribution in [0, 0.1) is 17.3 Å². The minimum atomic E-state index is -0.290. The Morgan fingerprint density at radius 2 is 2.00 bits per heavy atom. The number of halogens is 1. The van der Waals surface area contributed by atoms with E-state index in [1.807, 2.05) is 0 Å². The molecule has 3 saturated carbocycles. The topological polar surface area (TPSA) is 18.5 Å². The fourth-order valence-corrected chi connectivity index (χ4v) is 5.64. The average Bonchev–Trinajstić information content (AvgIpc) is 2.92. The highest BCUT2D eigenvalue weighted by molar-refractivity contribution is 6.60. The second kappa shape index (κ2) is 5.76. The van der Waals surface area contributed by atoms with E-state index in [2.05, 4.69) is 52.0 Å². The summed E-state index contributed by atoms with van der Waals surface area (Å²) in [6.07, 6.45) is 4.45. The van der Waals surface area contributed by atoms with Crippen molar-refractivity contribution in [3.8, 4) is 0 Å². The van der Waals surface area contributed by atoms with Gasteiger partial charge in [0.05, 0.1) is 17.0 Å². The molecular formula is C20H28BClO2. The second-order valence-electron chi connectivity index (χ2n) is 8.73. The molecule has 1 aromatic rings. The first kappa shape index (κ1) is 16.9. The molecule has 4 heteroatoms.